The van der Waals surface area contributed by atoms with Crippen molar-refractivity contribution in [2.24, 2.45) is 5.92 Å². The zero-order chi connectivity index (χ0) is 19.6. The Kier molecular flexibility index (Phi) is 5.23. The number of carbonyl (C=O) groups is 1. The van der Waals surface area contributed by atoms with Gasteiger partial charge in [-0.05, 0) is 74.9 Å². The fraction of sp³-hybridized carbons (Fsp3) is 0.500. The summed E-state index contributed by atoms with van der Waals surface area (Å²) in [7, 11) is 0. The molecular weight excluding hydrogens is 360 g/mol. The highest BCUT2D eigenvalue weighted by molar-refractivity contribution is 6.10. The van der Waals surface area contributed by atoms with E-state index in [0.29, 0.717) is 0 Å². The van der Waals surface area contributed by atoms with E-state index in [4.69, 9.17) is 0 Å². The molecule has 0 unspecified atom stereocenters. The molecule has 1 aromatic carbocycles. The Morgan fingerprint density at radius 2 is 1.76 bits per heavy atom. The number of para-hydroxylation sites is 1. The number of aromatic nitrogens is 1. The normalized spacial score (nSPS) is 20.3. The molecule has 0 spiro atoms. The minimum Gasteiger partial charge on any atom is -0.356 e. The molecule has 2 aromatic rings. The van der Waals surface area contributed by atoms with Crippen molar-refractivity contribution in [3.63, 3.8) is 0 Å². The lowest BCUT2D eigenvalue weighted by Gasteiger charge is -2.35. The Morgan fingerprint density at radius 1 is 0.966 bits per heavy atom. The smallest absolute Gasteiger partial charge is 0.262 e. The molecule has 3 aliphatic rings. The molecule has 0 radical (unpaired) electrons. The highest BCUT2D eigenvalue weighted by Gasteiger charge is 2.30. The van der Waals surface area contributed by atoms with E-state index in [9.17, 15) is 4.79 Å². The number of carbonyl (C=O) groups excluding carboxylic acids is 1. The average Bonchev–Trinajstić information content (AvgIpc) is 3.44. The molecule has 0 aliphatic carbocycles. The first-order chi connectivity index (χ1) is 14.3. The van der Waals surface area contributed by atoms with Crippen LogP contribution in [0.3, 0.4) is 0 Å². The van der Waals surface area contributed by atoms with Crippen molar-refractivity contribution in [2.75, 3.05) is 49.1 Å². The molecule has 0 N–H and O–H groups in total. The summed E-state index contributed by atoms with van der Waals surface area (Å²) < 4.78 is 0. The van der Waals surface area contributed by atoms with E-state index in [0.717, 1.165) is 49.0 Å². The van der Waals surface area contributed by atoms with E-state index in [2.05, 4.69) is 33.0 Å². The largest absolute Gasteiger partial charge is 0.356 e. The topological polar surface area (TPSA) is 39.7 Å². The summed E-state index contributed by atoms with van der Waals surface area (Å²) in [5.74, 6) is 1.72. The average molecular weight is 391 g/mol. The molecule has 152 valence electrons. The lowest BCUT2D eigenvalue weighted by atomic mass is 9.96. The predicted molar refractivity (Wildman–Crippen MR) is 117 cm³/mol. The predicted octanol–water partition coefficient (Wildman–Crippen LogP) is 3.60. The van der Waals surface area contributed by atoms with Crippen molar-refractivity contribution >= 4 is 17.4 Å². The first-order valence-electron chi connectivity index (χ1n) is 11.1. The Labute approximate surface area is 173 Å². The molecule has 5 nitrogen and oxygen atoms in total. The lowest BCUT2D eigenvalue weighted by Crippen LogP contribution is -2.40. The highest BCUT2D eigenvalue weighted by atomic mass is 16.2. The number of amides is 1. The highest BCUT2D eigenvalue weighted by Crippen LogP contribution is 2.32. The van der Waals surface area contributed by atoms with E-state index < -0.39 is 0 Å². The number of fused-ring (bicyclic) bond motifs is 1. The Bertz CT molecular complexity index is 869. The second-order valence-corrected chi connectivity index (χ2v) is 8.65. The Hall–Kier alpha value is -2.40. The molecular formula is C24H30N4O. The molecule has 0 saturated carbocycles. The third-order valence-electron chi connectivity index (χ3n) is 6.78. The van der Waals surface area contributed by atoms with Crippen molar-refractivity contribution in [2.45, 2.75) is 32.1 Å². The molecule has 2 saturated heterocycles. The van der Waals surface area contributed by atoms with Crippen LogP contribution in [0.25, 0.3) is 0 Å². The SMILES string of the molecule is O=C(c1cccnc1N1CCC(CN2CCCC2)CC1)N1CCc2ccccc21. The molecule has 5 heteroatoms. The second-order valence-electron chi connectivity index (χ2n) is 8.65. The number of piperidine rings is 1. The van der Waals surface area contributed by atoms with Gasteiger partial charge in [-0.2, -0.15) is 0 Å². The maximum Gasteiger partial charge on any atom is 0.262 e. The van der Waals surface area contributed by atoms with Gasteiger partial charge >= 0.3 is 0 Å². The van der Waals surface area contributed by atoms with Gasteiger partial charge in [-0.15, -0.1) is 0 Å². The summed E-state index contributed by atoms with van der Waals surface area (Å²) in [4.78, 5) is 24.9. The van der Waals surface area contributed by atoms with E-state index in [1.165, 1.54) is 50.9 Å². The maximum absolute atomic E-state index is 13.4. The molecule has 2 fully saturated rings. The van der Waals surface area contributed by atoms with Crippen LogP contribution in [0.5, 0.6) is 0 Å². The van der Waals surface area contributed by atoms with Gasteiger partial charge < -0.3 is 14.7 Å². The fourth-order valence-corrected chi connectivity index (χ4v) is 5.17. The number of hydrogen-bond acceptors (Lipinski definition) is 4. The third-order valence-corrected chi connectivity index (χ3v) is 6.78. The first-order valence-corrected chi connectivity index (χ1v) is 11.1. The third kappa shape index (κ3) is 3.76. The van der Waals surface area contributed by atoms with Gasteiger partial charge in [0.25, 0.3) is 5.91 Å². The van der Waals surface area contributed by atoms with Gasteiger partial charge in [0.15, 0.2) is 0 Å². The quantitative estimate of drug-likeness (QED) is 0.800. The number of anilines is 2. The summed E-state index contributed by atoms with van der Waals surface area (Å²) in [6.45, 7) is 6.53. The van der Waals surface area contributed by atoms with Crippen LogP contribution >= 0.6 is 0 Å². The molecule has 5 rings (SSSR count). The van der Waals surface area contributed by atoms with Crippen LogP contribution in [0.2, 0.25) is 0 Å². The number of rotatable bonds is 4. The minimum absolute atomic E-state index is 0.0808. The molecule has 29 heavy (non-hydrogen) atoms. The van der Waals surface area contributed by atoms with Crippen LogP contribution in [0.1, 0.15) is 41.6 Å². The number of nitrogens with zero attached hydrogens (tertiary/aromatic N) is 4. The minimum atomic E-state index is 0.0808. The van der Waals surface area contributed by atoms with Crippen LogP contribution in [0, 0.1) is 5.92 Å². The summed E-state index contributed by atoms with van der Waals surface area (Å²) in [5, 5.41) is 0. The number of likely N-dealkylation sites (tertiary alicyclic amines) is 1. The molecule has 1 amide bonds. The molecule has 3 aliphatic heterocycles. The number of pyridine rings is 1. The van der Waals surface area contributed by atoms with E-state index in [1.54, 1.807) is 0 Å². The summed E-state index contributed by atoms with van der Waals surface area (Å²) in [6.07, 6.45) is 7.84. The molecule has 1 aromatic heterocycles. The summed E-state index contributed by atoms with van der Waals surface area (Å²) in [6, 6.07) is 12.1. The van der Waals surface area contributed by atoms with Crippen molar-refractivity contribution in [1.29, 1.82) is 0 Å². The van der Waals surface area contributed by atoms with Gasteiger partial charge in [-0.1, -0.05) is 18.2 Å². The van der Waals surface area contributed by atoms with Gasteiger partial charge in [0.1, 0.15) is 5.82 Å². The first kappa shape index (κ1) is 18.6. The molecule has 0 bridgehead atoms. The van der Waals surface area contributed by atoms with Crippen molar-refractivity contribution < 1.29 is 4.79 Å². The zero-order valence-electron chi connectivity index (χ0n) is 17.1. The van der Waals surface area contributed by atoms with Crippen molar-refractivity contribution in [1.82, 2.24) is 9.88 Å². The fourth-order valence-electron chi connectivity index (χ4n) is 5.17. The van der Waals surface area contributed by atoms with Crippen molar-refractivity contribution in [3.05, 3.63) is 53.7 Å². The maximum atomic E-state index is 13.4. The van der Waals surface area contributed by atoms with Crippen LogP contribution < -0.4 is 9.80 Å². The van der Waals surface area contributed by atoms with Gasteiger partial charge in [0.2, 0.25) is 0 Å². The van der Waals surface area contributed by atoms with Gasteiger partial charge in [-0.3, -0.25) is 4.79 Å². The van der Waals surface area contributed by atoms with Crippen LogP contribution in [-0.2, 0) is 6.42 Å². The molecule has 0 atom stereocenters. The van der Waals surface area contributed by atoms with Gasteiger partial charge in [-0.25, -0.2) is 4.98 Å². The number of hydrogen-bond donors (Lipinski definition) is 0. The van der Waals surface area contributed by atoms with Gasteiger partial charge in [0.05, 0.1) is 5.56 Å². The Balaban J connectivity index is 1.30. The Morgan fingerprint density at radius 3 is 2.59 bits per heavy atom. The van der Waals surface area contributed by atoms with E-state index in [1.807, 2.05) is 29.3 Å². The van der Waals surface area contributed by atoms with E-state index >= 15 is 0 Å². The lowest BCUT2D eigenvalue weighted by molar-refractivity contribution is 0.0989. The standard InChI is InChI=1S/C24H30N4O/c29-24(28-17-11-20-6-1-2-8-22(20)28)21-7-5-12-25-23(21)27-15-9-19(10-16-27)18-26-13-3-4-14-26/h1-2,5-8,12,19H,3-4,9-11,13-18H2. The van der Waals surface area contributed by atoms with Crippen molar-refractivity contribution in [3.8, 4) is 0 Å². The number of benzene rings is 1. The summed E-state index contributed by atoms with van der Waals surface area (Å²) in [5.41, 5.74) is 3.05. The van der Waals surface area contributed by atoms with Crippen LogP contribution in [0.15, 0.2) is 42.6 Å². The van der Waals surface area contributed by atoms with Gasteiger partial charge in [0, 0.05) is 38.1 Å². The second kappa shape index (κ2) is 8.15. The molecule has 4 heterocycles. The van der Waals surface area contributed by atoms with E-state index in [-0.39, 0.29) is 5.91 Å². The summed E-state index contributed by atoms with van der Waals surface area (Å²) >= 11 is 0. The van der Waals surface area contributed by atoms with Crippen LogP contribution in [0.4, 0.5) is 11.5 Å². The monoisotopic (exact) mass is 390 g/mol. The zero-order valence-corrected chi connectivity index (χ0v) is 17.1. The van der Waals surface area contributed by atoms with Crippen LogP contribution in [-0.4, -0.2) is 55.1 Å².